The Kier molecular flexibility index (Phi) is 4.57. The molecule has 1 amide bonds. The number of amides is 1. The van der Waals surface area contributed by atoms with E-state index < -0.39 is 6.10 Å². The van der Waals surface area contributed by atoms with E-state index in [1.807, 2.05) is 24.3 Å². The number of carbonyl (C=O) groups excluding carboxylic acids is 1. The van der Waals surface area contributed by atoms with E-state index in [0.29, 0.717) is 18.5 Å². The van der Waals surface area contributed by atoms with Crippen molar-refractivity contribution in [3.05, 3.63) is 59.0 Å². The number of furan rings is 1. The van der Waals surface area contributed by atoms with Gasteiger partial charge in [-0.25, -0.2) is 0 Å². The average Bonchev–Trinajstić information content (AvgIpc) is 3.21. The molecule has 0 radical (unpaired) electrons. The highest BCUT2D eigenvalue weighted by molar-refractivity contribution is 5.94. The molecule has 1 fully saturated rings. The number of aliphatic hydroxyl groups excluding tert-OH is 1. The molecule has 1 aromatic heterocycles. The van der Waals surface area contributed by atoms with Gasteiger partial charge in [0.25, 0.3) is 5.91 Å². The molecule has 25 heavy (non-hydrogen) atoms. The van der Waals surface area contributed by atoms with Crippen molar-refractivity contribution in [3.63, 3.8) is 0 Å². The van der Waals surface area contributed by atoms with Gasteiger partial charge in [-0.05, 0) is 17.2 Å². The van der Waals surface area contributed by atoms with Gasteiger partial charge in [-0.2, -0.15) is 0 Å². The van der Waals surface area contributed by atoms with Gasteiger partial charge in [0.05, 0.1) is 37.5 Å². The number of carbonyl (C=O) groups is 1. The van der Waals surface area contributed by atoms with Crippen molar-refractivity contribution >= 4 is 5.91 Å². The highest BCUT2D eigenvalue weighted by atomic mass is 16.5. The van der Waals surface area contributed by atoms with Gasteiger partial charge in [-0.1, -0.05) is 24.3 Å². The number of nitrogens with zero attached hydrogens (tertiary/aromatic N) is 1. The molecular weight excluding hydrogens is 320 g/mol. The van der Waals surface area contributed by atoms with E-state index in [1.54, 1.807) is 6.07 Å². The standard InChI is InChI=1S/C19H22N2O4/c22-17-10-13-3-1-2-4-16(13)18(17)20-19(23)14-9-15(25-12-14)11-21-5-7-24-8-6-21/h1-4,9,12,17-18,22H,5-8,10-11H2,(H,20,23)/t17-,18+/m0/s1. The van der Waals surface area contributed by atoms with Crippen LogP contribution in [0, 0.1) is 0 Å². The molecule has 1 saturated heterocycles. The van der Waals surface area contributed by atoms with Gasteiger partial charge >= 0.3 is 0 Å². The molecule has 0 spiro atoms. The van der Waals surface area contributed by atoms with Gasteiger partial charge < -0.3 is 19.6 Å². The fourth-order valence-corrected chi connectivity index (χ4v) is 3.53. The van der Waals surface area contributed by atoms with Crippen LogP contribution in [0.2, 0.25) is 0 Å². The largest absolute Gasteiger partial charge is 0.467 e. The Balaban J connectivity index is 1.42. The summed E-state index contributed by atoms with van der Waals surface area (Å²) in [4.78, 5) is 14.8. The summed E-state index contributed by atoms with van der Waals surface area (Å²) < 4.78 is 10.9. The lowest BCUT2D eigenvalue weighted by atomic mass is 10.1. The highest BCUT2D eigenvalue weighted by Crippen LogP contribution is 2.31. The van der Waals surface area contributed by atoms with Crippen molar-refractivity contribution < 1.29 is 19.1 Å². The Morgan fingerprint density at radius 3 is 2.92 bits per heavy atom. The lowest BCUT2D eigenvalue weighted by Crippen LogP contribution is -2.35. The molecule has 1 aliphatic heterocycles. The molecule has 2 atom stereocenters. The normalized spacial score (nSPS) is 23.4. The minimum absolute atomic E-state index is 0.224. The van der Waals surface area contributed by atoms with Crippen molar-refractivity contribution in [2.75, 3.05) is 26.3 Å². The van der Waals surface area contributed by atoms with E-state index in [4.69, 9.17) is 9.15 Å². The van der Waals surface area contributed by atoms with Gasteiger partial charge in [0, 0.05) is 19.5 Å². The van der Waals surface area contributed by atoms with Crippen LogP contribution in [0.1, 0.15) is 33.3 Å². The van der Waals surface area contributed by atoms with E-state index in [1.165, 1.54) is 6.26 Å². The predicted octanol–water partition coefficient (Wildman–Crippen LogP) is 1.50. The maximum Gasteiger partial charge on any atom is 0.255 e. The third-order valence-corrected chi connectivity index (χ3v) is 4.89. The van der Waals surface area contributed by atoms with Gasteiger partial charge in [-0.15, -0.1) is 0 Å². The van der Waals surface area contributed by atoms with Crippen molar-refractivity contribution in [3.8, 4) is 0 Å². The zero-order chi connectivity index (χ0) is 17.2. The molecular formula is C19H22N2O4. The summed E-state index contributed by atoms with van der Waals surface area (Å²) in [5, 5.41) is 13.2. The quantitative estimate of drug-likeness (QED) is 0.881. The molecule has 132 valence electrons. The second-order valence-corrected chi connectivity index (χ2v) is 6.61. The fourth-order valence-electron chi connectivity index (χ4n) is 3.53. The fraction of sp³-hybridized carbons (Fsp3) is 0.421. The first kappa shape index (κ1) is 16.3. The average molecular weight is 342 g/mol. The van der Waals surface area contributed by atoms with E-state index in [9.17, 15) is 9.90 Å². The first-order valence-corrected chi connectivity index (χ1v) is 8.65. The smallest absolute Gasteiger partial charge is 0.255 e. The van der Waals surface area contributed by atoms with Crippen LogP contribution >= 0.6 is 0 Å². The van der Waals surface area contributed by atoms with Gasteiger partial charge in [0.15, 0.2) is 0 Å². The second-order valence-electron chi connectivity index (χ2n) is 6.61. The molecule has 2 heterocycles. The number of hydrogen-bond acceptors (Lipinski definition) is 5. The van der Waals surface area contributed by atoms with Crippen LogP contribution in [-0.4, -0.2) is 48.3 Å². The van der Waals surface area contributed by atoms with Gasteiger partial charge in [-0.3, -0.25) is 9.69 Å². The maximum absolute atomic E-state index is 12.5. The summed E-state index contributed by atoms with van der Waals surface area (Å²) in [6, 6.07) is 9.22. The summed E-state index contributed by atoms with van der Waals surface area (Å²) in [6.45, 7) is 3.87. The molecule has 0 saturated carbocycles. The van der Waals surface area contributed by atoms with Gasteiger partial charge in [0.2, 0.25) is 0 Å². The van der Waals surface area contributed by atoms with E-state index >= 15 is 0 Å². The van der Waals surface area contributed by atoms with E-state index in [0.717, 1.165) is 43.2 Å². The van der Waals surface area contributed by atoms with Crippen LogP contribution in [0.15, 0.2) is 41.0 Å². The van der Waals surface area contributed by atoms with Crippen LogP contribution < -0.4 is 5.32 Å². The minimum Gasteiger partial charge on any atom is -0.467 e. The Bertz CT molecular complexity index is 751. The van der Waals surface area contributed by atoms with Crippen molar-refractivity contribution in [1.29, 1.82) is 0 Å². The third-order valence-electron chi connectivity index (χ3n) is 4.89. The molecule has 4 rings (SSSR count). The number of morpholine rings is 1. The molecule has 2 aliphatic rings. The summed E-state index contributed by atoms with van der Waals surface area (Å²) in [7, 11) is 0. The van der Waals surface area contributed by atoms with Crippen LogP contribution in [0.3, 0.4) is 0 Å². The molecule has 1 aliphatic carbocycles. The Morgan fingerprint density at radius 1 is 1.28 bits per heavy atom. The lowest BCUT2D eigenvalue weighted by Gasteiger charge is -2.25. The number of aliphatic hydroxyl groups is 1. The van der Waals surface area contributed by atoms with E-state index in [2.05, 4.69) is 10.2 Å². The summed E-state index contributed by atoms with van der Waals surface area (Å²) in [5.41, 5.74) is 2.56. The van der Waals surface area contributed by atoms with Crippen molar-refractivity contribution in [2.24, 2.45) is 0 Å². The first-order chi connectivity index (χ1) is 12.2. The maximum atomic E-state index is 12.5. The zero-order valence-electron chi connectivity index (χ0n) is 14.0. The van der Waals surface area contributed by atoms with Crippen molar-refractivity contribution in [2.45, 2.75) is 25.1 Å². The summed E-state index contributed by atoms with van der Waals surface area (Å²) >= 11 is 0. The highest BCUT2D eigenvalue weighted by Gasteiger charge is 2.32. The number of benzene rings is 1. The lowest BCUT2D eigenvalue weighted by molar-refractivity contribution is 0.0313. The number of hydrogen-bond donors (Lipinski definition) is 2. The summed E-state index contributed by atoms with van der Waals surface area (Å²) in [6.07, 6.45) is 1.45. The molecule has 6 nitrogen and oxygen atoms in total. The Hall–Kier alpha value is -2.15. The number of fused-ring (bicyclic) bond motifs is 1. The third kappa shape index (κ3) is 3.46. The molecule has 0 unspecified atom stereocenters. The molecule has 2 N–H and O–H groups in total. The van der Waals surface area contributed by atoms with E-state index in [-0.39, 0.29) is 11.9 Å². The van der Waals surface area contributed by atoms with Crippen LogP contribution in [0.5, 0.6) is 0 Å². The zero-order valence-corrected chi connectivity index (χ0v) is 14.0. The molecule has 0 bridgehead atoms. The van der Waals surface area contributed by atoms with Crippen LogP contribution in [0.25, 0.3) is 0 Å². The SMILES string of the molecule is O=C(N[C@@H]1c2ccccc2C[C@@H]1O)c1coc(CN2CCOCC2)c1. The number of nitrogens with one attached hydrogen (secondary N) is 1. The van der Waals surface area contributed by atoms with Gasteiger partial charge in [0.1, 0.15) is 12.0 Å². The monoisotopic (exact) mass is 342 g/mol. The van der Waals surface area contributed by atoms with Crippen LogP contribution in [-0.2, 0) is 17.7 Å². The predicted molar refractivity (Wildman–Crippen MR) is 91.2 cm³/mol. The molecule has 6 heteroatoms. The Labute approximate surface area is 146 Å². The minimum atomic E-state index is -0.596. The molecule has 2 aromatic rings. The molecule has 1 aromatic carbocycles. The summed E-state index contributed by atoms with van der Waals surface area (Å²) in [5.74, 6) is 0.539. The first-order valence-electron chi connectivity index (χ1n) is 8.65. The second kappa shape index (κ2) is 7.00. The van der Waals surface area contributed by atoms with Crippen molar-refractivity contribution in [1.82, 2.24) is 10.2 Å². The van der Waals surface area contributed by atoms with Crippen LogP contribution in [0.4, 0.5) is 0 Å². The topological polar surface area (TPSA) is 74.9 Å². The number of rotatable bonds is 4. The Morgan fingerprint density at radius 2 is 2.08 bits per heavy atom. The number of ether oxygens (including phenoxy) is 1.